The summed E-state index contributed by atoms with van der Waals surface area (Å²) in [5, 5.41) is 3.32. The van der Waals surface area contributed by atoms with Crippen LogP contribution in [0.2, 0.25) is 0 Å². The Bertz CT molecular complexity index is 302. The van der Waals surface area contributed by atoms with Gasteiger partial charge in [-0.05, 0) is 39.4 Å². The van der Waals surface area contributed by atoms with E-state index >= 15 is 0 Å². The first-order chi connectivity index (χ1) is 7.74. The standard InChI is InChI=1S/C12H21N3O/c1-10(2)16-12-11(5-3-8-15-12)9-14-7-4-6-13/h3,5,8,10,14H,4,6-7,9,13H2,1-2H3. The van der Waals surface area contributed by atoms with Gasteiger partial charge in [0.1, 0.15) is 0 Å². The Morgan fingerprint density at radius 3 is 3.00 bits per heavy atom. The Morgan fingerprint density at radius 2 is 2.31 bits per heavy atom. The zero-order chi connectivity index (χ0) is 11.8. The van der Waals surface area contributed by atoms with Crippen LogP contribution in [0.5, 0.6) is 5.88 Å². The minimum absolute atomic E-state index is 0.151. The van der Waals surface area contributed by atoms with Gasteiger partial charge in [0.25, 0.3) is 0 Å². The van der Waals surface area contributed by atoms with Gasteiger partial charge in [-0.2, -0.15) is 0 Å². The van der Waals surface area contributed by atoms with Crippen molar-refractivity contribution in [3.63, 3.8) is 0 Å². The third-order valence-corrected chi connectivity index (χ3v) is 2.07. The largest absolute Gasteiger partial charge is 0.475 e. The lowest BCUT2D eigenvalue weighted by atomic mass is 10.2. The molecule has 0 radical (unpaired) electrons. The maximum Gasteiger partial charge on any atom is 0.218 e. The van der Waals surface area contributed by atoms with Gasteiger partial charge in [0.05, 0.1) is 6.10 Å². The van der Waals surface area contributed by atoms with Crippen LogP contribution in [-0.4, -0.2) is 24.2 Å². The van der Waals surface area contributed by atoms with Crippen LogP contribution >= 0.6 is 0 Å². The van der Waals surface area contributed by atoms with Gasteiger partial charge in [-0.15, -0.1) is 0 Å². The van der Waals surface area contributed by atoms with E-state index in [1.165, 1.54) is 0 Å². The SMILES string of the molecule is CC(C)Oc1ncccc1CNCCCN. The molecule has 4 nitrogen and oxygen atoms in total. The second-order valence-corrected chi connectivity index (χ2v) is 3.95. The summed E-state index contributed by atoms with van der Waals surface area (Å²) in [4.78, 5) is 4.23. The van der Waals surface area contributed by atoms with Gasteiger partial charge in [-0.25, -0.2) is 4.98 Å². The quantitative estimate of drug-likeness (QED) is 0.684. The van der Waals surface area contributed by atoms with Crippen molar-refractivity contribution in [2.45, 2.75) is 32.9 Å². The van der Waals surface area contributed by atoms with Crippen LogP contribution < -0.4 is 15.8 Å². The number of aromatic nitrogens is 1. The van der Waals surface area contributed by atoms with Crippen LogP contribution in [0.3, 0.4) is 0 Å². The third-order valence-electron chi connectivity index (χ3n) is 2.07. The number of nitrogens with two attached hydrogens (primary N) is 1. The number of nitrogens with zero attached hydrogens (tertiary/aromatic N) is 1. The molecule has 1 aromatic heterocycles. The van der Waals surface area contributed by atoms with Gasteiger partial charge >= 0.3 is 0 Å². The van der Waals surface area contributed by atoms with E-state index < -0.39 is 0 Å². The molecule has 0 fully saturated rings. The van der Waals surface area contributed by atoms with Crippen molar-refractivity contribution in [3.8, 4) is 5.88 Å². The fraction of sp³-hybridized carbons (Fsp3) is 0.583. The minimum Gasteiger partial charge on any atom is -0.475 e. The highest BCUT2D eigenvalue weighted by Crippen LogP contribution is 2.15. The van der Waals surface area contributed by atoms with Gasteiger partial charge in [0.15, 0.2) is 0 Å². The van der Waals surface area contributed by atoms with E-state index in [0.717, 1.165) is 37.5 Å². The Hall–Kier alpha value is -1.13. The van der Waals surface area contributed by atoms with Crippen LogP contribution in [0.25, 0.3) is 0 Å². The van der Waals surface area contributed by atoms with Gasteiger partial charge < -0.3 is 15.8 Å². The monoisotopic (exact) mass is 223 g/mol. The molecule has 0 unspecified atom stereocenters. The molecule has 16 heavy (non-hydrogen) atoms. The molecular formula is C12H21N3O. The second-order valence-electron chi connectivity index (χ2n) is 3.95. The molecule has 0 atom stereocenters. The first-order valence-electron chi connectivity index (χ1n) is 5.75. The molecule has 0 saturated heterocycles. The van der Waals surface area contributed by atoms with Gasteiger partial charge in [0, 0.05) is 18.3 Å². The number of hydrogen-bond acceptors (Lipinski definition) is 4. The van der Waals surface area contributed by atoms with Gasteiger partial charge in [-0.3, -0.25) is 0 Å². The molecule has 0 aliphatic heterocycles. The van der Waals surface area contributed by atoms with Crippen LogP contribution in [0, 0.1) is 0 Å². The number of hydrogen-bond donors (Lipinski definition) is 2. The predicted molar refractivity (Wildman–Crippen MR) is 65.4 cm³/mol. The van der Waals surface area contributed by atoms with E-state index in [2.05, 4.69) is 10.3 Å². The van der Waals surface area contributed by atoms with Crippen molar-refractivity contribution in [3.05, 3.63) is 23.9 Å². The normalized spacial score (nSPS) is 10.8. The zero-order valence-electron chi connectivity index (χ0n) is 10.1. The molecule has 0 spiro atoms. The number of nitrogens with one attached hydrogen (secondary N) is 1. The van der Waals surface area contributed by atoms with E-state index in [4.69, 9.17) is 10.5 Å². The van der Waals surface area contributed by atoms with E-state index in [1.54, 1.807) is 6.20 Å². The number of rotatable bonds is 7. The molecule has 1 aromatic rings. The highest BCUT2D eigenvalue weighted by atomic mass is 16.5. The topological polar surface area (TPSA) is 60.2 Å². The molecule has 0 saturated carbocycles. The summed E-state index contributed by atoms with van der Waals surface area (Å²) in [5.74, 6) is 0.720. The third kappa shape index (κ3) is 4.59. The fourth-order valence-electron chi connectivity index (χ4n) is 1.34. The lowest BCUT2D eigenvalue weighted by molar-refractivity contribution is 0.229. The first-order valence-corrected chi connectivity index (χ1v) is 5.75. The minimum atomic E-state index is 0.151. The van der Waals surface area contributed by atoms with Crippen molar-refractivity contribution in [1.29, 1.82) is 0 Å². The van der Waals surface area contributed by atoms with E-state index in [-0.39, 0.29) is 6.10 Å². The van der Waals surface area contributed by atoms with Crippen LogP contribution in [0.15, 0.2) is 18.3 Å². The maximum absolute atomic E-state index is 5.63. The number of pyridine rings is 1. The van der Waals surface area contributed by atoms with Crippen molar-refractivity contribution in [2.75, 3.05) is 13.1 Å². The summed E-state index contributed by atoms with van der Waals surface area (Å²) in [6, 6.07) is 3.95. The zero-order valence-corrected chi connectivity index (χ0v) is 10.1. The summed E-state index contributed by atoms with van der Waals surface area (Å²) in [5.41, 5.74) is 6.52. The lowest BCUT2D eigenvalue weighted by Gasteiger charge is -2.13. The summed E-state index contributed by atoms with van der Waals surface area (Å²) < 4.78 is 5.63. The first kappa shape index (κ1) is 12.9. The van der Waals surface area contributed by atoms with Crippen molar-refractivity contribution < 1.29 is 4.74 Å². The van der Waals surface area contributed by atoms with E-state index in [0.29, 0.717) is 0 Å². The van der Waals surface area contributed by atoms with Gasteiger partial charge in [-0.1, -0.05) is 6.07 Å². The molecular weight excluding hydrogens is 202 g/mol. The summed E-state index contributed by atoms with van der Waals surface area (Å²) in [6.45, 7) is 6.42. The summed E-state index contributed by atoms with van der Waals surface area (Å²) in [6.07, 6.45) is 2.89. The smallest absolute Gasteiger partial charge is 0.218 e. The molecule has 1 heterocycles. The fourth-order valence-corrected chi connectivity index (χ4v) is 1.34. The van der Waals surface area contributed by atoms with E-state index in [9.17, 15) is 0 Å². The molecule has 90 valence electrons. The van der Waals surface area contributed by atoms with Crippen molar-refractivity contribution in [1.82, 2.24) is 10.3 Å². The van der Waals surface area contributed by atoms with Gasteiger partial charge in [0.2, 0.25) is 5.88 Å². The highest BCUT2D eigenvalue weighted by Gasteiger charge is 2.05. The second kappa shape index (κ2) is 7.19. The lowest BCUT2D eigenvalue weighted by Crippen LogP contribution is -2.19. The van der Waals surface area contributed by atoms with Crippen molar-refractivity contribution >= 4 is 0 Å². The summed E-state index contributed by atoms with van der Waals surface area (Å²) in [7, 11) is 0. The van der Waals surface area contributed by atoms with Crippen molar-refractivity contribution in [2.24, 2.45) is 5.73 Å². The molecule has 1 rings (SSSR count). The van der Waals surface area contributed by atoms with E-state index in [1.807, 2.05) is 26.0 Å². The molecule has 0 aliphatic rings. The maximum atomic E-state index is 5.63. The predicted octanol–water partition coefficient (Wildman–Crippen LogP) is 1.31. The Kier molecular flexibility index (Phi) is 5.82. The molecule has 3 N–H and O–H groups in total. The molecule has 0 bridgehead atoms. The summed E-state index contributed by atoms with van der Waals surface area (Å²) >= 11 is 0. The van der Waals surface area contributed by atoms with Crippen LogP contribution in [-0.2, 0) is 6.54 Å². The highest BCUT2D eigenvalue weighted by molar-refractivity contribution is 5.25. The average molecular weight is 223 g/mol. The molecule has 0 aliphatic carbocycles. The number of ether oxygens (including phenoxy) is 1. The average Bonchev–Trinajstić information content (AvgIpc) is 2.26. The molecule has 4 heteroatoms. The van der Waals surface area contributed by atoms with Crippen LogP contribution in [0.1, 0.15) is 25.8 Å². The Balaban J connectivity index is 2.50. The molecule has 0 amide bonds. The Labute approximate surface area is 97.2 Å². The Morgan fingerprint density at radius 1 is 1.50 bits per heavy atom. The van der Waals surface area contributed by atoms with Crippen LogP contribution in [0.4, 0.5) is 0 Å². The molecule has 0 aromatic carbocycles.